The summed E-state index contributed by atoms with van der Waals surface area (Å²) in [5, 5.41) is 11.3. The Bertz CT molecular complexity index is 403. The third kappa shape index (κ3) is 4.92. The molecule has 6 heteroatoms. The molecule has 1 amide bonds. The number of anilines is 1. The predicted octanol–water partition coefficient (Wildman–Crippen LogP) is 1.54. The van der Waals surface area contributed by atoms with Crippen molar-refractivity contribution < 1.29 is 19.4 Å². The first-order valence-corrected chi connectivity index (χ1v) is 5.70. The average Bonchev–Trinajstić information content (AvgIpc) is 2.35. The molecule has 0 aliphatic heterocycles. The molecule has 0 radical (unpaired) electrons. The molecular formula is C12H16N2O4. The van der Waals surface area contributed by atoms with Crippen LogP contribution in [0.15, 0.2) is 18.3 Å². The Morgan fingerprint density at radius 2 is 2.22 bits per heavy atom. The molecule has 0 aliphatic rings. The fourth-order valence-electron chi connectivity index (χ4n) is 1.28. The molecule has 18 heavy (non-hydrogen) atoms. The maximum absolute atomic E-state index is 11.5. The van der Waals surface area contributed by atoms with Crippen LogP contribution < -0.4 is 5.32 Å². The van der Waals surface area contributed by atoms with Gasteiger partial charge >= 0.3 is 5.97 Å². The highest BCUT2D eigenvalue weighted by atomic mass is 16.5. The molecule has 1 aromatic rings. The Kier molecular flexibility index (Phi) is 5.79. The van der Waals surface area contributed by atoms with E-state index in [2.05, 4.69) is 10.3 Å². The van der Waals surface area contributed by atoms with Crippen molar-refractivity contribution in [2.75, 3.05) is 18.5 Å². The van der Waals surface area contributed by atoms with E-state index in [0.29, 0.717) is 31.9 Å². The number of aromatic carboxylic acids is 1. The normalized spacial score (nSPS) is 10.1. The van der Waals surface area contributed by atoms with Gasteiger partial charge in [-0.2, -0.15) is 0 Å². The molecule has 0 spiro atoms. The lowest BCUT2D eigenvalue weighted by atomic mass is 10.3. The van der Waals surface area contributed by atoms with Crippen molar-refractivity contribution in [3.63, 3.8) is 0 Å². The lowest BCUT2D eigenvalue weighted by Gasteiger charge is -2.04. The SMILES string of the molecule is CCOCCCC(=O)Nc1ccc(C(=O)O)cn1. The van der Waals surface area contributed by atoms with E-state index >= 15 is 0 Å². The number of aromatic nitrogens is 1. The van der Waals surface area contributed by atoms with Crippen LogP contribution in [0.5, 0.6) is 0 Å². The predicted molar refractivity (Wildman–Crippen MR) is 65.6 cm³/mol. The molecule has 0 atom stereocenters. The Balaban J connectivity index is 2.37. The quantitative estimate of drug-likeness (QED) is 0.718. The van der Waals surface area contributed by atoms with Crippen LogP contribution in [0.3, 0.4) is 0 Å². The molecule has 0 saturated carbocycles. The van der Waals surface area contributed by atoms with Crippen LogP contribution in [0.2, 0.25) is 0 Å². The van der Waals surface area contributed by atoms with Crippen molar-refractivity contribution in [2.45, 2.75) is 19.8 Å². The lowest BCUT2D eigenvalue weighted by Crippen LogP contribution is -2.13. The topological polar surface area (TPSA) is 88.5 Å². The molecule has 0 saturated heterocycles. The molecular weight excluding hydrogens is 236 g/mol. The van der Waals surface area contributed by atoms with Crippen LogP contribution >= 0.6 is 0 Å². The van der Waals surface area contributed by atoms with Crippen molar-refractivity contribution in [3.8, 4) is 0 Å². The number of nitrogens with one attached hydrogen (secondary N) is 1. The summed E-state index contributed by atoms with van der Waals surface area (Å²) in [6.45, 7) is 3.09. The third-order valence-corrected chi connectivity index (χ3v) is 2.17. The number of hydrogen-bond donors (Lipinski definition) is 2. The second-order valence-corrected chi connectivity index (χ2v) is 3.59. The number of ether oxygens (including phenoxy) is 1. The standard InChI is InChI=1S/C12H16N2O4/c1-2-18-7-3-4-11(15)14-10-6-5-9(8-13-10)12(16)17/h5-6,8H,2-4,7H2,1H3,(H,16,17)(H,13,14,15). The highest BCUT2D eigenvalue weighted by Crippen LogP contribution is 2.06. The molecule has 6 nitrogen and oxygen atoms in total. The number of amides is 1. The minimum absolute atomic E-state index is 0.0874. The molecule has 2 N–H and O–H groups in total. The zero-order valence-corrected chi connectivity index (χ0v) is 10.2. The van der Waals surface area contributed by atoms with Gasteiger partial charge in [0, 0.05) is 25.8 Å². The van der Waals surface area contributed by atoms with Crippen LogP contribution in [-0.4, -0.2) is 35.2 Å². The molecule has 1 aromatic heterocycles. The summed E-state index contributed by atoms with van der Waals surface area (Å²) in [6, 6.07) is 2.86. The molecule has 0 aromatic carbocycles. The molecule has 1 heterocycles. The Labute approximate surface area is 105 Å². The van der Waals surface area contributed by atoms with Crippen molar-refractivity contribution in [2.24, 2.45) is 0 Å². The number of carboxylic acid groups (broad SMARTS) is 1. The van der Waals surface area contributed by atoms with Gasteiger partial charge in [-0.25, -0.2) is 9.78 Å². The van der Waals surface area contributed by atoms with Gasteiger partial charge in [-0.1, -0.05) is 0 Å². The molecule has 0 aliphatic carbocycles. The van der Waals surface area contributed by atoms with Crippen LogP contribution in [0.25, 0.3) is 0 Å². The Hall–Kier alpha value is -1.95. The zero-order chi connectivity index (χ0) is 13.4. The van der Waals surface area contributed by atoms with Gasteiger partial charge in [0.05, 0.1) is 5.56 Å². The van der Waals surface area contributed by atoms with Gasteiger partial charge in [-0.05, 0) is 25.5 Å². The summed E-state index contributed by atoms with van der Waals surface area (Å²) in [4.78, 5) is 25.9. The van der Waals surface area contributed by atoms with Crippen molar-refractivity contribution in [1.29, 1.82) is 0 Å². The van der Waals surface area contributed by atoms with E-state index in [0.717, 1.165) is 0 Å². The number of carbonyl (C=O) groups is 2. The summed E-state index contributed by atoms with van der Waals surface area (Å²) in [6.07, 6.45) is 2.20. The van der Waals surface area contributed by atoms with Gasteiger partial charge in [0.1, 0.15) is 5.82 Å². The zero-order valence-electron chi connectivity index (χ0n) is 10.2. The monoisotopic (exact) mass is 252 g/mol. The summed E-state index contributed by atoms with van der Waals surface area (Å²) in [7, 11) is 0. The second kappa shape index (κ2) is 7.39. The molecule has 0 unspecified atom stereocenters. The van der Waals surface area contributed by atoms with E-state index < -0.39 is 5.97 Å². The average molecular weight is 252 g/mol. The summed E-state index contributed by atoms with van der Waals surface area (Å²) < 4.78 is 5.12. The highest BCUT2D eigenvalue weighted by Gasteiger charge is 2.05. The maximum Gasteiger partial charge on any atom is 0.337 e. The first-order valence-electron chi connectivity index (χ1n) is 5.70. The van der Waals surface area contributed by atoms with Crippen molar-refractivity contribution >= 4 is 17.7 Å². The summed E-state index contributed by atoms with van der Waals surface area (Å²) in [5.74, 6) is -0.858. The van der Waals surface area contributed by atoms with Crippen LogP contribution in [0.4, 0.5) is 5.82 Å². The molecule has 1 rings (SSSR count). The van der Waals surface area contributed by atoms with Crippen molar-refractivity contribution in [1.82, 2.24) is 4.98 Å². The van der Waals surface area contributed by atoms with E-state index in [4.69, 9.17) is 9.84 Å². The number of carbonyl (C=O) groups excluding carboxylic acids is 1. The molecule has 0 fully saturated rings. The van der Waals surface area contributed by atoms with Crippen molar-refractivity contribution in [3.05, 3.63) is 23.9 Å². The van der Waals surface area contributed by atoms with Gasteiger partial charge in [0.15, 0.2) is 0 Å². The fraction of sp³-hybridized carbons (Fsp3) is 0.417. The number of nitrogens with zero attached hydrogens (tertiary/aromatic N) is 1. The number of pyridine rings is 1. The first kappa shape index (κ1) is 14.1. The number of hydrogen-bond acceptors (Lipinski definition) is 4. The van der Waals surface area contributed by atoms with Gasteiger partial charge in [0.25, 0.3) is 0 Å². The minimum atomic E-state index is -1.04. The number of carboxylic acids is 1. The van der Waals surface area contributed by atoms with E-state index in [1.54, 1.807) is 0 Å². The second-order valence-electron chi connectivity index (χ2n) is 3.59. The van der Waals surface area contributed by atoms with E-state index in [9.17, 15) is 9.59 Å². The minimum Gasteiger partial charge on any atom is -0.478 e. The first-order chi connectivity index (χ1) is 8.63. The van der Waals surface area contributed by atoms with Gasteiger partial charge in [0.2, 0.25) is 5.91 Å². The maximum atomic E-state index is 11.5. The summed E-state index contributed by atoms with van der Waals surface area (Å²) >= 11 is 0. The van der Waals surface area contributed by atoms with E-state index in [1.165, 1.54) is 18.3 Å². The fourth-order valence-corrected chi connectivity index (χ4v) is 1.28. The van der Waals surface area contributed by atoms with Crippen LogP contribution in [-0.2, 0) is 9.53 Å². The van der Waals surface area contributed by atoms with E-state index in [1.807, 2.05) is 6.92 Å². The largest absolute Gasteiger partial charge is 0.478 e. The molecule has 0 bridgehead atoms. The van der Waals surface area contributed by atoms with E-state index in [-0.39, 0.29) is 11.5 Å². The van der Waals surface area contributed by atoms with Crippen LogP contribution in [0.1, 0.15) is 30.1 Å². The van der Waals surface area contributed by atoms with Gasteiger partial charge in [-0.3, -0.25) is 4.79 Å². The smallest absolute Gasteiger partial charge is 0.337 e. The third-order valence-electron chi connectivity index (χ3n) is 2.17. The molecule has 98 valence electrons. The highest BCUT2D eigenvalue weighted by molar-refractivity contribution is 5.91. The van der Waals surface area contributed by atoms with Gasteiger partial charge in [-0.15, -0.1) is 0 Å². The summed E-state index contributed by atoms with van der Waals surface area (Å²) in [5.41, 5.74) is 0.0874. The van der Waals surface area contributed by atoms with Crippen LogP contribution in [0, 0.1) is 0 Å². The van der Waals surface area contributed by atoms with Gasteiger partial charge < -0.3 is 15.2 Å². The Morgan fingerprint density at radius 3 is 2.78 bits per heavy atom. The lowest BCUT2D eigenvalue weighted by molar-refractivity contribution is -0.116. The Morgan fingerprint density at radius 1 is 1.44 bits per heavy atom. The number of rotatable bonds is 7.